The Kier molecular flexibility index (Phi) is 6.22. The lowest BCUT2D eigenvalue weighted by molar-refractivity contribution is -0.146. The fourth-order valence-electron chi connectivity index (χ4n) is 3.17. The number of rotatable bonds is 5. The first-order chi connectivity index (χ1) is 10.9. The minimum atomic E-state index is -0.772. The van der Waals surface area contributed by atoms with Crippen LogP contribution in [0, 0.1) is 11.8 Å². The van der Waals surface area contributed by atoms with E-state index in [1.807, 2.05) is 43.0 Å². The van der Waals surface area contributed by atoms with Crippen LogP contribution in [-0.4, -0.2) is 27.9 Å². The Labute approximate surface area is 146 Å². The average molecular weight is 382 g/mol. The fourth-order valence-corrected chi connectivity index (χ4v) is 3.44. The summed E-state index contributed by atoms with van der Waals surface area (Å²) in [6.45, 7) is 4.58. The first-order valence-electron chi connectivity index (χ1n) is 8.16. The number of aliphatic carboxylic acids is 1. The van der Waals surface area contributed by atoms with Gasteiger partial charge in [0, 0.05) is 23.0 Å². The topological polar surface area (TPSA) is 57.6 Å². The third-order valence-electron chi connectivity index (χ3n) is 4.55. The normalized spacial score (nSPS) is 21.2. The molecule has 0 radical (unpaired) electrons. The van der Waals surface area contributed by atoms with Crippen LogP contribution >= 0.6 is 15.9 Å². The van der Waals surface area contributed by atoms with Gasteiger partial charge >= 0.3 is 5.97 Å². The van der Waals surface area contributed by atoms with Gasteiger partial charge in [0.05, 0.1) is 5.92 Å². The molecule has 1 aliphatic carbocycles. The molecule has 0 spiro atoms. The SMILES string of the molecule is CC(C)N(Cc1ccc(Br)cc1)C(=O)C1CCCC(C(=O)O)C1. The molecule has 1 aliphatic rings. The number of carboxylic acid groups (broad SMARTS) is 1. The van der Waals surface area contributed by atoms with Gasteiger partial charge in [-0.2, -0.15) is 0 Å². The van der Waals surface area contributed by atoms with E-state index in [1.165, 1.54) is 0 Å². The van der Waals surface area contributed by atoms with Crippen molar-refractivity contribution in [3.63, 3.8) is 0 Å². The van der Waals surface area contributed by atoms with Gasteiger partial charge in [-0.05, 0) is 50.8 Å². The zero-order valence-corrected chi connectivity index (χ0v) is 15.3. The maximum absolute atomic E-state index is 12.9. The number of halogens is 1. The Balaban J connectivity index is 2.08. The van der Waals surface area contributed by atoms with Crippen molar-refractivity contribution in [2.45, 2.75) is 52.1 Å². The van der Waals surface area contributed by atoms with Crippen molar-refractivity contribution in [2.24, 2.45) is 11.8 Å². The van der Waals surface area contributed by atoms with E-state index in [4.69, 9.17) is 0 Å². The number of carboxylic acids is 1. The molecule has 1 saturated carbocycles. The van der Waals surface area contributed by atoms with Gasteiger partial charge in [0.1, 0.15) is 0 Å². The van der Waals surface area contributed by atoms with Gasteiger partial charge in [-0.3, -0.25) is 9.59 Å². The lowest BCUT2D eigenvalue weighted by Gasteiger charge is -2.34. The number of carbonyl (C=O) groups excluding carboxylic acids is 1. The molecule has 1 fully saturated rings. The number of hydrogen-bond donors (Lipinski definition) is 1. The maximum atomic E-state index is 12.9. The zero-order chi connectivity index (χ0) is 17.0. The van der Waals surface area contributed by atoms with Gasteiger partial charge in [0.2, 0.25) is 5.91 Å². The predicted octanol–water partition coefficient (Wildman–Crippen LogP) is 4.08. The molecule has 23 heavy (non-hydrogen) atoms. The molecule has 1 aromatic rings. The van der Waals surface area contributed by atoms with Crippen molar-refractivity contribution in [1.82, 2.24) is 4.90 Å². The molecule has 0 saturated heterocycles. The van der Waals surface area contributed by atoms with Crippen molar-refractivity contribution < 1.29 is 14.7 Å². The molecule has 2 unspecified atom stereocenters. The molecule has 1 aromatic carbocycles. The monoisotopic (exact) mass is 381 g/mol. The summed E-state index contributed by atoms with van der Waals surface area (Å²) < 4.78 is 1.01. The number of nitrogens with zero attached hydrogens (tertiary/aromatic N) is 1. The van der Waals surface area contributed by atoms with Gasteiger partial charge in [-0.1, -0.05) is 34.5 Å². The first kappa shape index (κ1) is 18.0. The first-order valence-corrected chi connectivity index (χ1v) is 8.95. The van der Waals surface area contributed by atoms with Crippen molar-refractivity contribution in [1.29, 1.82) is 0 Å². The third kappa shape index (κ3) is 4.80. The lowest BCUT2D eigenvalue weighted by atomic mass is 9.80. The molecule has 0 bridgehead atoms. The highest BCUT2D eigenvalue weighted by Gasteiger charge is 2.34. The number of hydrogen-bond acceptors (Lipinski definition) is 2. The second-order valence-corrected chi connectivity index (χ2v) is 7.50. The molecule has 2 atom stereocenters. The Hall–Kier alpha value is -1.36. The van der Waals surface area contributed by atoms with Crippen LogP contribution in [0.25, 0.3) is 0 Å². The molecule has 0 aromatic heterocycles. The van der Waals surface area contributed by atoms with Crippen LogP contribution in [0.4, 0.5) is 0 Å². The summed E-state index contributed by atoms with van der Waals surface area (Å²) in [4.78, 5) is 26.0. The van der Waals surface area contributed by atoms with Gasteiger partial charge in [-0.25, -0.2) is 0 Å². The second kappa shape index (κ2) is 7.95. The summed E-state index contributed by atoms with van der Waals surface area (Å²) in [6, 6.07) is 8.05. The van der Waals surface area contributed by atoms with Crippen molar-refractivity contribution >= 4 is 27.8 Å². The minimum Gasteiger partial charge on any atom is -0.481 e. The molecule has 0 aliphatic heterocycles. The lowest BCUT2D eigenvalue weighted by Crippen LogP contribution is -2.42. The molecule has 2 rings (SSSR count). The van der Waals surface area contributed by atoms with Gasteiger partial charge < -0.3 is 10.0 Å². The van der Waals surface area contributed by atoms with Crippen LogP contribution in [0.2, 0.25) is 0 Å². The van der Waals surface area contributed by atoms with E-state index in [2.05, 4.69) is 15.9 Å². The third-order valence-corrected chi connectivity index (χ3v) is 5.07. The summed E-state index contributed by atoms with van der Waals surface area (Å²) in [5.41, 5.74) is 1.08. The average Bonchev–Trinajstić information content (AvgIpc) is 2.53. The van der Waals surface area contributed by atoms with E-state index in [0.717, 1.165) is 22.9 Å². The summed E-state index contributed by atoms with van der Waals surface area (Å²) in [5, 5.41) is 9.22. The van der Waals surface area contributed by atoms with Crippen LogP contribution in [0.5, 0.6) is 0 Å². The van der Waals surface area contributed by atoms with Crippen LogP contribution in [0.15, 0.2) is 28.7 Å². The Bertz CT molecular complexity index is 556. The minimum absolute atomic E-state index is 0.0915. The fraction of sp³-hybridized carbons (Fsp3) is 0.556. The van der Waals surface area contributed by atoms with Gasteiger partial charge in [0.15, 0.2) is 0 Å². The molecule has 1 amide bonds. The Morgan fingerprint density at radius 3 is 2.39 bits per heavy atom. The zero-order valence-electron chi connectivity index (χ0n) is 13.7. The predicted molar refractivity (Wildman–Crippen MR) is 92.9 cm³/mol. The molecular weight excluding hydrogens is 358 g/mol. The van der Waals surface area contributed by atoms with Crippen molar-refractivity contribution in [3.8, 4) is 0 Å². The van der Waals surface area contributed by atoms with E-state index in [1.54, 1.807) is 0 Å². The smallest absolute Gasteiger partial charge is 0.306 e. The van der Waals surface area contributed by atoms with E-state index in [9.17, 15) is 14.7 Å². The molecule has 126 valence electrons. The number of carbonyl (C=O) groups is 2. The summed E-state index contributed by atoms with van der Waals surface area (Å²) in [6.07, 6.45) is 2.77. The Morgan fingerprint density at radius 2 is 1.83 bits per heavy atom. The molecule has 4 nitrogen and oxygen atoms in total. The van der Waals surface area contributed by atoms with Crippen LogP contribution in [0.1, 0.15) is 45.1 Å². The van der Waals surface area contributed by atoms with Crippen LogP contribution < -0.4 is 0 Å². The quantitative estimate of drug-likeness (QED) is 0.835. The number of benzene rings is 1. The van der Waals surface area contributed by atoms with Crippen LogP contribution in [0.3, 0.4) is 0 Å². The summed E-state index contributed by atoms with van der Waals surface area (Å²) in [7, 11) is 0. The highest BCUT2D eigenvalue weighted by atomic mass is 79.9. The number of amides is 1. The Morgan fingerprint density at radius 1 is 1.22 bits per heavy atom. The summed E-state index contributed by atoms with van der Waals surface area (Å²) in [5.74, 6) is -1.22. The van der Waals surface area contributed by atoms with Crippen molar-refractivity contribution in [2.75, 3.05) is 0 Å². The van der Waals surface area contributed by atoms with E-state index >= 15 is 0 Å². The van der Waals surface area contributed by atoms with E-state index in [-0.39, 0.29) is 23.8 Å². The molecule has 5 heteroatoms. The maximum Gasteiger partial charge on any atom is 0.306 e. The van der Waals surface area contributed by atoms with Gasteiger partial charge in [0.25, 0.3) is 0 Å². The standard InChI is InChI=1S/C18H24BrNO3/c1-12(2)20(11-13-6-8-16(19)9-7-13)17(21)14-4-3-5-15(10-14)18(22)23/h6-9,12,14-15H,3-5,10-11H2,1-2H3,(H,22,23). The molecule has 0 heterocycles. The molecule has 1 N–H and O–H groups in total. The van der Waals surface area contributed by atoms with Crippen molar-refractivity contribution in [3.05, 3.63) is 34.3 Å². The van der Waals surface area contributed by atoms with Crippen LogP contribution in [-0.2, 0) is 16.1 Å². The highest BCUT2D eigenvalue weighted by molar-refractivity contribution is 9.10. The van der Waals surface area contributed by atoms with E-state index < -0.39 is 5.97 Å². The van der Waals surface area contributed by atoms with E-state index in [0.29, 0.717) is 19.4 Å². The molecular formula is C18H24BrNO3. The van der Waals surface area contributed by atoms with Gasteiger partial charge in [-0.15, -0.1) is 0 Å². The largest absolute Gasteiger partial charge is 0.481 e. The second-order valence-electron chi connectivity index (χ2n) is 6.59. The summed E-state index contributed by atoms with van der Waals surface area (Å²) >= 11 is 3.42. The highest BCUT2D eigenvalue weighted by Crippen LogP contribution is 2.31.